The zero-order valence-electron chi connectivity index (χ0n) is 17.7. The van der Waals surface area contributed by atoms with Crippen molar-refractivity contribution in [3.8, 4) is 0 Å². The standard InChI is InChI=1S/C19H39N5O2.HI/c1-19(2,3)16(26-5)14-23-18(21-4)22-10-6-7-11-24-12-8-15(9-13-24)17(20)25;/h15-16H,6-14H2,1-5H3,(H2,20,25)(H2,21,22,23);1H. The van der Waals surface area contributed by atoms with E-state index in [1.54, 1.807) is 14.2 Å². The summed E-state index contributed by atoms with van der Waals surface area (Å²) in [5, 5.41) is 6.71. The highest BCUT2D eigenvalue weighted by atomic mass is 127. The minimum absolute atomic E-state index is 0. The second kappa shape index (κ2) is 13.5. The number of hydrogen-bond donors (Lipinski definition) is 3. The van der Waals surface area contributed by atoms with E-state index in [1.165, 1.54) is 0 Å². The van der Waals surface area contributed by atoms with Crippen LogP contribution in [0.25, 0.3) is 0 Å². The molecule has 7 nitrogen and oxygen atoms in total. The molecule has 8 heteroatoms. The number of unbranched alkanes of at least 4 members (excludes halogenated alkanes) is 1. The summed E-state index contributed by atoms with van der Waals surface area (Å²) in [5.74, 6) is 0.750. The first-order valence-electron chi connectivity index (χ1n) is 9.77. The lowest BCUT2D eigenvalue weighted by atomic mass is 9.89. The Balaban J connectivity index is 0.00000676. The number of guanidine groups is 1. The van der Waals surface area contributed by atoms with E-state index < -0.39 is 0 Å². The highest BCUT2D eigenvalue weighted by Crippen LogP contribution is 2.21. The number of piperidine rings is 1. The third-order valence-electron chi connectivity index (χ3n) is 5.11. The van der Waals surface area contributed by atoms with E-state index in [2.05, 4.69) is 41.3 Å². The fourth-order valence-electron chi connectivity index (χ4n) is 3.26. The fraction of sp³-hybridized carbons (Fsp3) is 0.895. The average molecular weight is 497 g/mol. The molecule has 1 aliphatic rings. The van der Waals surface area contributed by atoms with Crippen molar-refractivity contribution in [1.29, 1.82) is 0 Å². The highest BCUT2D eigenvalue weighted by molar-refractivity contribution is 14.0. The molecule has 1 fully saturated rings. The van der Waals surface area contributed by atoms with E-state index in [9.17, 15) is 4.79 Å². The molecule has 1 unspecified atom stereocenters. The van der Waals surface area contributed by atoms with Crippen molar-refractivity contribution < 1.29 is 9.53 Å². The molecule has 0 aromatic carbocycles. The Morgan fingerprint density at radius 3 is 2.37 bits per heavy atom. The van der Waals surface area contributed by atoms with Gasteiger partial charge in [-0.05, 0) is 50.7 Å². The van der Waals surface area contributed by atoms with Gasteiger partial charge in [-0.2, -0.15) is 0 Å². The van der Waals surface area contributed by atoms with Crippen LogP contribution >= 0.6 is 24.0 Å². The van der Waals surface area contributed by atoms with E-state index in [1.807, 2.05) is 0 Å². The van der Waals surface area contributed by atoms with Gasteiger partial charge in [-0.1, -0.05) is 20.8 Å². The number of likely N-dealkylation sites (tertiary alicyclic amines) is 1. The van der Waals surface area contributed by atoms with Crippen molar-refractivity contribution in [3.63, 3.8) is 0 Å². The van der Waals surface area contributed by atoms with Crippen LogP contribution in [0.2, 0.25) is 0 Å². The van der Waals surface area contributed by atoms with Gasteiger partial charge in [-0.25, -0.2) is 0 Å². The number of amides is 1. The number of halogens is 1. The summed E-state index contributed by atoms with van der Waals surface area (Å²) in [6.07, 6.45) is 4.15. The summed E-state index contributed by atoms with van der Waals surface area (Å²) >= 11 is 0. The number of methoxy groups -OCH3 is 1. The number of nitrogens with zero attached hydrogens (tertiary/aromatic N) is 2. The van der Waals surface area contributed by atoms with Gasteiger partial charge >= 0.3 is 0 Å². The van der Waals surface area contributed by atoms with Gasteiger partial charge in [0, 0.05) is 33.2 Å². The molecule has 4 N–H and O–H groups in total. The van der Waals surface area contributed by atoms with E-state index in [-0.39, 0.29) is 47.3 Å². The molecule has 27 heavy (non-hydrogen) atoms. The van der Waals surface area contributed by atoms with Crippen molar-refractivity contribution in [1.82, 2.24) is 15.5 Å². The minimum atomic E-state index is -0.144. The van der Waals surface area contributed by atoms with E-state index in [0.717, 1.165) is 64.4 Å². The van der Waals surface area contributed by atoms with E-state index >= 15 is 0 Å². The molecule has 0 spiro atoms. The van der Waals surface area contributed by atoms with Crippen LogP contribution in [0.4, 0.5) is 0 Å². The predicted octanol–water partition coefficient (Wildman–Crippen LogP) is 1.81. The number of nitrogens with two attached hydrogens (primary N) is 1. The van der Waals surface area contributed by atoms with Crippen molar-refractivity contribution in [2.45, 2.75) is 52.6 Å². The summed E-state index contributed by atoms with van der Waals surface area (Å²) in [5.41, 5.74) is 5.46. The van der Waals surface area contributed by atoms with Crippen LogP contribution in [-0.2, 0) is 9.53 Å². The number of hydrogen-bond acceptors (Lipinski definition) is 4. The van der Waals surface area contributed by atoms with Gasteiger partial charge in [-0.15, -0.1) is 24.0 Å². The van der Waals surface area contributed by atoms with E-state index in [0.29, 0.717) is 0 Å². The maximum atomic E-state index is 11.2. The second-order valence-corrected chi connectivity index (χ2v) is 8.20. The number of aliphatic imine (C=N–C) groups is 1. The van der Waals surface area contributed by atoms with Crippen molar-refractivity contribution in [3.05, 3.63) is 0 Å². The summed E-state index contributed by atoms with van der Waals surface area (Å²) in [6, 6.07) is 0. The third-order valence-corrected chi connectivity index (χ3v) is 5.11. The molecule has 0 aromatic rings. The lowest BCUT2D eigenvalue weighted by Crippen LogP contribution is -2.45. The van der Waals surface area contributed by atoms with Crippen LogP contribution in [0.1, 0.15) is 46.5 Å². The fourth-order valence-corrected chi connectivity index (χ4v) is 3.26. The summed E-state index contributed by atoms with van der Waals surface area (Å²) in [6.45, 7) is 11.2. The molecule has 1 amide bonds. The lowest BCUT2D eigenvalue weighted by Gasteiger charge is -2.30. The van der Waals surface area contributed by atoms with Crippen LogP contribution in [0.15, 0.2) is 4.99 Å². The number of carbonyl (C=O) groups excluding carboxylic acids is 1. The number of carbonyl (C=O) groups is 1. The Morgan fingerprint density at radius 2 is 1.89 bits per heavy atom. The van der Waals surface area contributed by atoms with Crippen molar-refractivity contribution in [2.24, 2.45) is 22.1 Å². The summed E-state index contributed by atoms with van der Waals surface area (Å²) in [7, 11) is 3.54. The SMILES string of the molecule is CN=C(NCCCCN1CCC(C(N)=O)CC1)NCC(OC)C(C)(C)C.I. The first-order valence-corrected chi connectivity index (χ1v) is 9.77. The Labute approximate surface area is 182 Å². The Bertz CT molecular complexity index is 446. The van der Waals surface area contributed by atoms with Crippen LogP contribution in [0.3, 0.4) is 0 Å². The molecule has 0 aliphatic carbocycles. The number of primary amides is 1. The molecule has 0 radical (unpaired) electrons. The maximum absolute atomic E-state index is 11.2. The second-order valence-electron chi connectivity index (χ2n) is 8.20. The van der Waals surface area contributed by atoms with E-state index in [4.69, 9.17) is 10.5 Å². The Kier molecular flexibility index (Phi) is 13.2. The van der Waals surface area contributed by atoms with Gasteiger partial charge in [0.05, 0.1) is 6.10 Å². The van der Waals surface area contributed by atoms with Gasteiger partial charge < -0.3 is 26.0 Å². The normalized spacial score (nSPS) is 17.9. The lowest BCUT2D eigenvalue weighted by molar-refractivity contribution is -0.123. The molecule has 1 saturated heterocycles. The van der Waals surface area contributed by atoms with Gasteiger partial charge in [0.15, 0.2) is 5.96 Å². The maximum Gasteiger partial charge on any atom is 0.220 e. The van der Waals surface area contributed by atoms with Crippen molar-refractivity contribution >= 4 is 35.8 Å². The summed E-state index contributed by atoms with van der Waals surface area (Å²) in [4.78, 5) is 17.9. The quantitative estimate of drug-likeness (QED) is 0.196. The van der Waals surface area contributed by atoms with Gasteiger partial charge in [0.2, 0.25) is 5.91 Å². The zero-order chi connectivity index (χ0) is 19.6. The smallest absolute Gasteiger partial charge is 0.220 e. The molecule has 0 aromatic heterocycles. The average Bonchev–Trinajstić information content (AvgIpc) is 2.59. The first kappa shape index (κ1) is 26.4. The molecule has 1 heterocycles. The Morgan fingerprint density at radius 1 is 1.26 bits per heavy atom. The van der Waals surface area contributed by atoms with Crippen LogP contribution in [0, 0.1) is 11.3 Å². The largest absolute Gasteiger partial charge is 0.379 e. The molecule has 0 bridgehead atoms. The molecular weight excluding hydrogens is 457 g/mol. The molecule has 1 aliphatic heterocycles. The number of ether oxygens (including phenoxy) is 1. The predicted molar refractivity (Wildman–Crippen MR) is 123 cm³/mol. The topological polar surface area (TPSA) is 92.0 Å². The molecular formula is C19H40IN5O2. The molecule has 1 rings (SSSR count). The third kappa shape index (κ3) is 10.5. The van der Waals surface area contributed by atoms with Gasteiger partial charge in [0.1, 0.15) is 0 Å². The van der Waals surface area contributed by atoms with Crippen LogP contribution in [-0.4, -0.2) is 69.8 Å². The monoisotopic (exact) mass is 497 g/mol. The summed E-state index contributed by atoms with van der Waals surface area (Å²) < 4.78 is 5.56. The first-order chi connectivity index (χ1) is 12.3. The van der Waals surface area contributed by atoms with Gasteiger partial charge in [0.25, 0.3) is 0 Å². The van der Waals surface area contributed by atoms with Crippen LogP contribution < -0.4 is 16.4 Å². The molecule has 0 saturated carbocycles. The molecule has 1 atom stereocenters. The van der Waals surface area contributed by atoms with Crippen LogP contribution in [0.5, 0.6) is 0 Å². The highest BCUT2D eigenvalue weighted by Gasteiger charge is 2.24. The van der Waals surface area contributed by atoms with Gasteiger partial charge in [-0.3, -0.25) is 9.79 Å². The zero-order valence-corrected chi connectivity index (χ0v) is 20.0. The minimum Gasteiger partial charge on any atom is -0.379 e. The Hall–Kier alpha value is -0.610. The number of nitrogens with one attached hydrogen (secondary N) is 2. The number of rotatable bonds is 9. The molecule has 160 valence electrons. The van der Waals surface area contributed by atoms with Crippen molar-refractivity contribution in [2.75, 3.05) is 46.9 Å².